The van der Waals surface area contributed by atoms with E-state index in [1.165, 1.54) is 11.1 Å². The minimum atomic E-state index is 0.376. The molecule has 0 saturated heterocycles. The number of imidazole rings is 1. The van der Waals surface area contributed by atoms with E-state index in [0.717, 1.165) is 35.3 Å². The third kappa shape index (κ3) is 3.44. The molecule has 0 aliphatic heterocycles. The average Bonchev–Trinajstić information content (AvgIpc) is 3.20. The van der Waals surface area contributed by atoms with Gasteiger partial charge in [-0.1, -0.05) is 6.07 Å². The van der Waals surface area contributed by atoms with E-state index in [1.807, 2.05) is 31.1 Å². The molecule has 1 aromatic carbocycles. The number of aromatic nitrogens is 3. The SMILES string of the molecule is Cc1ccn2cc(CCc3ccc4nc(/N=C/N(C)C)oc4c3)nc2c1. The van der Waals surface area contributed by atoms with Gasteiger partial charge in [-0.3, -0.25) is 0 Å². The molecule has 6 nitrogen and oxygen atoms in total. The van der Waals surface area contributed by atoms with Gasteiger partial charge in [0.1, 0.15) is 11.2 Å². The predicted molar refractivity (Wildman–Crippen MR) is 103 cm³/mol. The summed E-state index contributed by atoms with van der Waals surface area (Å²) in [7, 11) is 3.82. The number of hydrogen-bond donors (Lipinski definition) is 0. The Morgan fingerprint density at radius 3 is 2.88 bits per heavy atom. The highest BCUT2D eigenvalue weighted by Gasteiger charge is 2.07. The first-order valence-corrected chi connectivity index (χ1v) is 8.61. The lowest BCUT2D eigenvalue weighted by molar-refractivity contribution is 0.602. The Morgan fingerprint density at radius 2 is 2.04 bits per heavy atom. The lowest BCUT2D eigenvalue weighted by Crippen LogP contribution is -2.06. The lowest BCUT2D eigenvalue weighted by atomic mass is 10.1. The molecule has 4 aromatic rings. The molecular weight excluding hydrogens is 326 g/mol. The minimum absolute atomic E-state index is 0.376. The van der Waals surface area contributed by atoms with E-state index in [-0.39, 0.29) is 0 Å². The van der Waals surface area contributed by atoms with Crippen LogP contribution in [-0.4, -0.2) is 39.7 Å². The molecule has 0 atom stereocenters. The Hall–Kier alpha value is -3.15. The molecule has 0 fully saturated rings. The summed E-state index contributed by atoms with van der Waals surface area (Å²) in [5.41, 5.74) is 6.09. The van der Waals surface area contributed by atoms with Crippen molar-refractivity contribution in [3.8, 4) is 0 Å². The number of nitrogens with zero attached hydrogens (tertiary/aromatic N) is 5. The minimum Gasteiger partial charge on any atom is -0.422 e. The first-order valence-electron chi connectivity index (χ1n) is 8.61. The number of benzene rings is 1. The van der Waals surface area contributed by atoms with Gasteiger partial charge in [0.25, 0.3) is 0 Å². The van der Waals surface area contributed by atoms with Crippen molar-refractivity contribution in [2.45, 2.75) is 19.8 Å². The molecule has 0 saturated carbocycles. The summed E-state index contributed by atoms with van der Waals surface area (Å²) in [6.07, 6.45) is 7.60. The van der Waals surface area contributed by atoms with Crippen molar-refractivity contribution in [1.82, 2.24) is 19.3 Å². The Bertz CT molecular complexity index is 1090. The summed E-state index contributed by atoms with van der Waals surface area (Å²) >= 11 is 0. The first-order chi connectivity index (χ1) is 12.6. The van der Waals surface area contributed by atoms with E-state index in [2.05, 4.69) is 51.9 Å². The average molecular weight is 347 g/mol. The zero-order valence-electron chi connectivity index (χ0n) is 15.2. The molecule has 0 aliphatic carbocycles. The normalized spacial score (nSPS) is 11.8. The molecule has 4 rings (SSSR count). The Morgan fingerprint density at radius 1 is 1.15 bits per heavy atom. The first kappa shape index (κ1) is 16.3. The molecule has 26 heavy (non-hydrogen) atoms. The van der Waals surface area contributed by atoms with Gasteiger partial charge >= 0.3 is 6.01 Å². The van der Waals surface area contributed by atoms with E-state index in [1.54, 1.807) is 6.34 Å². The van der Waals surface area contributed by atoms with E-state index >= 15 is 0 Å². The summed E-state index contributed by atoms with van der Waals surface area (Å²) in [5.74, 6) is 0. The van der Waals surface area contributed by atoms with Crippen LogP contribution in [0.3, 0.4) is 0 Å². The number of pyridine rings is 1. The predicted octanol–water partition coefficient (Wildman–Crippen LogP) is 3.79. The fourth-order valence-electron chi connectivity index (χ4n) is 2.86. The second-order valence-electron chi connectivity index (χ2n) is 6.71. The third-order valence-electron chi connectivity index (χ3n) is 4.18. The van der Waals surface area contributed by atoms with Crippen LogP contribution in [0.15, 0.2) is 52.1 Å². The molecule has 3 heterocycles. The van der Waals surface area contributed by atoms with Crippen LogP contribution in [0.4, 0.5) is 6.01 Å². The van der Waals surface area contributed by atoms with Gasteiger partial charge in [0, 0.05) is 26.5 Å². The van der Waals surface area contributed by atoms with Crippen LogP contribution in [0.5, 0.6) is 0 Å². The molecule has 0 radical (unpaired) electrons. The Labute approximate surface area is 151 Å². The van der Waals surface area contributed by atoms with Crippen molar-refractivity contribution >= 4 is 29.1 Å². The third-order valence-corrected chi connectivity index (χ3v) is 4.18. The highest BCUT2D eigenvalue weighted by atomic mass is 16.4. The molecule has 3 aromatic heterocycles. The van der Waals surface area contributed by atoms with Crippen LogP contribution in [0.2, 0.25) is 0 Å². The van der Waals surface area contributed by atoms with E-state index < -0.39 is 0 Å². The fourth-order valence-corrected chi connectivity index (χ4v) is 2.86. The molecule has 0 N–H and O–H groups in total. The van der Waals surface area contributed by atoms with Crippen LogP contribution in [0, 0.1) is 6.92 Å². The highest BCUT2D eigenvalue weighted by Crippen LogP contribution is 2.22. The van der Waals surface area contributed by atoms with Crippen molar-refractivity contribution in [1.29, 1.82) is 0 Å². The van der Waals surface area contributed by atoms with Gasteiger partial charge in [0.05, 0.1) is 12.0 Å². The fraction of sp³-hybridized carbons (Fsp3) is 0.250. The van der Waals surface area contributed by atoms with Crippen molar-refractivity contribution < 1.29 is 4.42 Å². The number of rotatable bonds is 5. The Balaban J connectivity index is 1.51. The maximum atomic E-state index is 5.72. The number of oxazole rings is 1. The molecule has 0 amide bonds. The quantitative estimate of drug-likeness (QED) is 0.407. The summed E-state index contributed by atoms with van der Waals surface area (Å²) in [5, 5.41) is 0. The van der Waals surface area contributed by atoms with Crippen LogP contribution < -0.4 is 0 Å². The van der Waals surface area contributed by atoms with Gasteiger partial charge in [-0.05, 0) is 55.2 Å². The number of fused-ring (bicyclic) bond motifs is 2. The second kappa shape index (κ2) is 6.63. The van der Waals surface area contributed by atoms with Gasteiger partial charge in [-0.25, -0.2) is 4.98 Å². The van der Waals surface area contributed by atoms with Crippen LogP contribution in [0.25, 0.3) is 16.7 Å². The standard InChI is InChI=1S/C20H21N5O/c1-14-8-9-25-12-16(22-19(25)10-14)6-4-15-5-7-17-18(11-15)26-20(23-17)21-13-24(2)3/h5,7-13H,4,6H2,1-3H3/b21-13+. The zero-order valence-corrected chi connectivity index (χ0v) is 15.2. The van der Waals surface area contributed by atoms with Crippen molar-refractivity contribution in [2.24, 2.45) is 4.99 Å². The molecule has 0 bridgehead atoms. The lowest BCUT2D eigenvalue weighted by Gasteiger charge is -1.99. The molecule has 0 spiro atoms. The number of aliphatic imine (C=N–C) groups is 1. The van der Waals surface area contributed by atoms with E-state index in [9.17, 15) is 0 Å². The van der Waals surface area contributed by atoms with Gasteiger partial charge in [-0.15, -0.1) is 0 Å². The number of aryl methyl sites for hydroxylation is 3. The molecular formula is C20H21N5O. The summed E-state index contributed by atoms with van der Waals surface area (Å²) in [6, 6.07) is 10.7. The smallest absolute Gasteiger partial charge is 0.324 e. The summed E-state index contributed by atoms with van der Waals surface area (Å²) in [6.45, 7) is 2.08. The van der Waals surface area contributed by atoms with Crippen molar-refractivity contribution in [3.63, 3.8) is 0 Å². The van der Waals surface area contributed by atoms with Crippen LogP contribution in [-0.2, 0) is 12.8 Å². The van der Waals surface area contributed by atoms with E-state index in [0.29, 0.717) is 6.01 Å². The Kier molecular flexibility index (Phi) is 4.16. The molecule has 0 aliphatic rings. The zero-order chi connectivity index (χ0) is 18.1. The maximum Gasteiger partial charge on any atom is 0.324 e. The summed E-state index contributed by atoms with van der Waals surface area (Å²) < 4.78 is 7.78. The second-order valence-corrected chi connectivity index (χ2v) is 6.71. The largest absolute Gasteiger partial charge is 0.422 e. The molecule has 6 heteroatoms. The van der Waals surface area contributed by atoms with Gasteiger partial charge in [0.15, 0.2) is 5.58 Å². The molecule has 132 valence electrons. The van der Waals surface area contributed by atoms with Gasteiger partial charge in [0.2, 0.25) is 0 Å². The number of hydrogen-bond acceptors (Lipinski definition) is 4. The van der Waals surface area contributed by atoms with Gasteiger partial charge < -0.3 is 13.7 Å². The summed E-state index contributed by atoms with van der Waals surface area (Å²) in [4.78, 5) is 15.1. The van der Waals surface area contributed by atoms with Gasteiger partial charge in [-0.2, -0.15) is 9.98 Å². The van der Waals surface area contributed by atoms with Crippen molar-refractivity contribution in [3.05, 3.63) is 59.5 Å². The maximum absolute atomic E-state index is 5.72. The van der Waals surface area contributed by atoms with Crippen LogP contribution in [0.1, 0.15) is 16.8 Å². The molecule has 0 unspecified atom stereocenters. The van der Waals surface area contributed by atoms with Crippen LogP contribution >= 0.6 is 0 Å². The highest BCUT2D eigenvalue weighted by molar-refractivity contribution is 5.75. The van der Waals surface area contributed by atoms with Crippen molar-refractivity contribution in [2.75, 3.05) is 14.1 Å². The monoisotopic (exact) mass is 347 g/mol. The topological polar surface area (TPSA) is 58.9 Å². The van der Waals surface area contributed by atoms with E-state index in [4.69, 9.17) is 9.40 Å².